The zero-order chi connectivity index (χ0) is 15.9. The summed E-state index contributed by atoms with van der Waals surface area (Å²) < 4.78 is 10.6. The monoisotopic (exact) mass is 297 g/mol. The van der Waals surface area contributed by atoms with Gasteiger partial charge in [-0.1, -0.05) is 6.07 Å². The fraction of sp³-hybridized carbons (Fsp3) is 0.167. The van der Waals surface area contributed by atoms with E-state index in [2.05, 4.69) is 5.32 Å². The van der Waals surface area contributed by atoms with Crippen molar-refractivity contribution in [3.8, 4) is 11.5 Å². The van der Waals surface area contributed by atoms with Crippen LogP contribution in [-0.2, 0) is 0 Å². The normalized spacial score (nSPS) is 10.5. The van der Waals surface area contributed by atoms with Crippen molar-refractivity contribution in [2.24, 2.45) is 0 Å². The van der Waals surface area contributed by atoms with E-state index < -0.39 is 0 Å². The Morgan fingerprint density at radius 1 is 1.00 bits per heavy atom. The largest absolute Gasteiger partial charge is 0.496 e. The number of nitrogens with one attached hydrogen (secondary N) is 1. The van der Waals surface area contributed by atoms with Crippen LogP contribution in [0, 0.1) is 0 Å². The number of ether oxygens (including phenoxy) is 2. The van der Waals surface area contributed by atoms with E-state index in [0.717, 1.165) is 11.3 Å². The number of methoxy groups -OCH3 is 2. The second kappa shape index (κ2) is 7.31. The number of carbonyl (C=O) groups is 1. The highest BCUT2D eigenvalue weighted by atomic mass is 16.5. The summed E-state index contributed by atoms with van der Waals surface area (Å²) in [5, 5.41) is 3.02. The van der Waals surface area contributed by atoms with Gasteiger partial charge in [0.05, 0.1) is 19.8 Å². The van der Waals surface area contributed by atoms with Crippen molar-refractivity contribution in [2.75, 3.05) is 26.6 Å². The first-order valence-electron chi connectivity index (χ1n) is 6.90. The number of anilines is 1. The van der Waals surface area contributed by atoms with Crippen LogP contribution in [0.25, 0.3) is 6.08 Å². The molecule has 0 amide bonds. The first-order chi connectivity index (χ1) is 10.7. The number of hydrogen-bond donors (Lipinski definition) is 1. The summed E-state index contributed by atoms with van der Waals surface area (Å²) in [5.41, 5.74) is 2.34. The Balaban J connectivity index is 2.25. The maximum Gasteiger partial charge on any atom is 0.185 e. The number of benzene rings is 2. The third kappa shape index (κ3) is 3.47. The summed E-state index contributed by atoms with van der Waals surface area (Å²) in [5.74, 6) is 1.25. The zero-order valence-corrected chi connectivity index (χ0v) is 12.9. The summed E-state index contributed by atoms with van der Waals surface area (Å²) in [4.78, 5) is 12.2. The molecule has 0 spiro atoms. The third-order valence-electron chi connectivity index (χ3n) is 3.33. The molecular weight excluding hydrogens is 278 g/mol. The predicted molar refractivity (Wildman–Crippen MR) is 88.9 cm³/mol. The molecule has 0 atom stereocenters. The van der Waals surface area contributed by atoms with Gasteiger partial charge < -0.3 is 14.8 Å². The van der Waals surface area contributed by atoms with Gasteiger partial charge in [0.15, 0.2) is 5.78 Å². The number of allylic oxidation sites excluding steroid dienone is 1. The van der Waals surface area contributed by atoms with Crippen molar-refractivity contribution < 1.29 is 14.3 Å². The molecule has 114 valence electrons. The Morgan fingerprint density at radius 3 is 2.09 bits per heavy atom. The highest BCUT2D eigenvalue weighted by molar-refractivity contribution is 6.07. The van der Waals surface area contributed by atoms with E-state index in [0.29, 0.717) is 17.1 Å². The summed E-state index contributed by atoms with van der Waals surface area (Å²) in [6, 6.07) is 12.8. The molecular formula is C18H19NO3. The average molecular weight is 297 g/mol. The number of carbonyl (C=O) groups excluding carboxylic acids is 1. The van der Waals surface area contributed by atoms with Gasteiger partial charge in [-0.2, -0.15) is 0 Å². The lowest BCUT2D eigenvalue weighted by molar-refractivity contribution is 0.104. The Hall–Kier alpha value is -2.75. The molecule has 0 heterocycles. The van der Waals surface area contributed by atoms with E-state index in [1.807, 2.05) is 37.4 Å². The molecule has 0 radical (unpaired) electrons. The van der Waals surface area contributed by atoms with Gasteiger partial charge in [-0.3, -0.25) is 4.79 Å². The van der Waals surface area contributed by atoms with Crippen molar-refractivity contribution in [1.29, 1.82) is 0 Å². The Bertz CT molecular complexity index is 653. The van der Waals surface area contributed by atoms with Crippen LogP contribution >= 0.6 is 0 Å². The molecule has 0 unspecified atom stereocenters. The fourth-order valence-corrected chi connectivity index (χ4v) is 2.10. The van der Waals surface area contributed by atoms with Gasteiger partial charge in [-0.15, -0.1) is 0 Å². The molecule has 0 aliphatic heterocycles. The minimum absolute atomic E-state index is 0.0735. The molecule has 2 aromatic carbocycles. The number of hydrogen-bond acceptors (Lipinski definition) is 4. The lowest BCUT2D eigenvalue weighted by Crippen LogP contribution is -1.96. The van der Waals surface area contributed by atoms with E-state index >= 15 is 0 Å². The van der Waals surface area contributed by atoms with Gasteiger partial charge >= 0.3 is 0 Å². The van der Waals surface area contributed by atoms with Crippen LogP contribution < -0.4 is 14.8 Å². The van der Waals surface area contributed by atoms with Gasteiger partial charge in [-0.05, 0) is 48.6 Å². The molecule has 4 heteroatoms. The smallest absolute Gasteiger partial charge is 0.185 e. The highest BCUT2D eigenvalue weighted by Crippen LogP contribution is 2.29. The first kappa shape index (κ1) is 15.6. The fourth-order valence-electron chi connectivity index (χ4n) is 2.10. The summed E-state index contributed by atoms with van der Waals surface area (Å²) in [7, 11) is 5.01. The summed E-state index contributed by atoms with van der Waals surface area (Å²) >= 11 is 0. The molecule has 22 heavy (non-hydrogen) atoms. The van der Waals surface area contributed by atoms with Crippen LogP contribution in [0.15, 0.2) is 48.5 Å². The van der Waals surface area contributed by atoms with Gasteiger partial charge in [0.25, 0.3) is 0 Å². The van der Waals surface area contributed by atoms with Crippen LogP contribution in [0.3, 0.4) is 0 Å². The minimum atomic E-state index is -0.0735. The maximum absolute atomic E-state index is 12.2. The van der Waals surface area contributed by atoms with Gasteiger partial charge in [-0.25, -0.2) is 0 Å². The second-order valence-electron chi connectivity index (χ2n) is 4.60. The highest BCUT2D eigenvalue weighted by Gasteiger charge is 2.08. The standard InChI is InChI=1S/C18H19NO3/c1-19-14-9-7-13(8-10-14)16(20)12-11-15-17(21-2)5-4-6-18(15)22-3/h4-12,19H,1-3H3. The second-order valence-corrected chi connectivity index (χ2v) is 4.60. The molecule has 2 aromatic rings. The molecule has 4 nitrogen and oxygen atoms in total. The van der Waals surface area contributed by atoms with Crippen molar-refractivity contribution in [2.45, 2.75) is 0 Å². The topological polar surface area (TPSA) is 47.6 Å². The Morgan fingerprint density at radius 2 is 1.59 bits per heavy atom. The van der Waals surface area contributed by atoms with Crippen molar-refractivity contribution in [3.63, 3.8) is 0 Å². The van der Waals surface area contributed by atoms with Crippen LogP contribution in [0.4, 0.5) is 5.69 Å². The van der Waals surface area contributed by atoms with Crippen LogP contribution in [0.5, 0.6) is 11.5 Å². The lowest BCUT2D eigenvalue weighted by atomic mass is 10.1. The summed E-state index contributed by atoms with van der Waals surface area (Å²) in [6.45, 7) is 0. The van der Waals surface area contributed by atoms with Crippen LogP contribution in [0.1, 0.15) is 15.9 Å². The van der Waals surface area contributed by atoms with Crippen molar-refractivity contribution in [3.05, 3.63) is 59.7 Å². The maximum atomic E-state index is 12.2. The zero-order valence-electron chi connectivity index (χ0n) is 12.9. The first-order valence-corrected chi connectivity index (χ1v) is 6.90. The van der Waals surface area contributed by atoms with E-state index in [-0.39, 0.29) is 5.78 Å². The molecule has 0 bridgehead atoms. The molecule has 0 aliphatic carbocycles. The van der Waals surface area contributed by atoms with Gasteiger partial charge in [0.2, 0.25) is 0 Å². The van der Waals surface area contributed by atoms with Crippen molar-refractivity contribution in [1.82, 2.24) is 0 Å². The number of rotatable bonds is 6. The van der Waals surface area contributed by atoms with E-state index in [9.17, 15) is 4.79 Å². The van der Waals surface area contributed by atoms with E-state index in [1.165, 1.54) is 6.08 Å². The molecule has 0 aliphatic rings. The Labute approximate surface area is 130 Å². The van der Waals surface area contributed by atoms with Gasteiger partial charge in [0, 0.05) is 18.3 Å². The SMILES string of the molecule is CNc1ccc(C(=O)C=Cc2c(OC)cccc2OC)cc1. The third-order valence-corrected chi connectivity index (χ3v) is 3.33. The lowest BCUT2D eigenvalue weighted by Gasteiger charge is -2.09. The van der Waals surface area contributed by atoms with E-state index in [4.69, 9.17) is 9.47 Å². The van der Waals surface area contributed by atoms with Gasteiger partial charge in [0.1, 0.15) is 11.5 Å². The Kier molecular flexibility index (Phi) is 5.20. The van der Waals surface area contributed by atoms with E-state index in [1.54, 1.807) is 32.4 Å². The molecule has 0 aromatic heterocycles. The van der Waals surface area contributed by atoms with Crippen LogP contribution in [0.2, 0.25) is 0 Å². The predicted octanol–water partition coefficient (Wildman–Crippen LogP) is 3.64. The number of ketones is 1. The minimum Gasteiger partial charge on any atom is -0.496 e. The molecule has 2 rings (SSSR count). The molecule has 0 saturated heterocycles. The van der Waals surface area contributed by atoms with Crippen LogP contribution in [-0.4, -0.2) is 27.1 Å². The summed E-state index contributed by atoms with van der Waals surface area (Å²) in [6.07, 6.45) is 3.24. The quantitative estimate of drug-likeness (QED) is 0.653. The molecule has 1 N–H and O–H groups in total. The molecule has 0 saturated carbocycles. The van der Waals surface area contributed by atoms with Crippen molar-refractivity contribution >= 4 is 17.5 Å². The molecule has 0 fully saturated rings. The average Bonchev–Trinajstić information content (AvgIpc) is 2.59.